The molecule has 1 N–H and O–H groups in total. The van der Waals surface area contributed by atoms with E-state index in [0.717, 1.165) is 18.4 Å². The highest BCUT2D eigenvalue weighted by Crippen LogP contribution is 2.17. The fourth-order valence-corrected chi connectivity index (χ4v) is 1.66. The summed E-state index contributed by atoms with van der Waals surface area (Å²) in [6.45, 7) is 2.08. The molecule has 0 atom stereocenters. The van der Waals surface area contributed by atoms with E-state index in [-0.39, 0.29) is 11.8 Å². The second-order valence-corrected chi connectivity index (χ2v) is 3.41. The van der Waals surface area contributed by atoms with Crippen molar-refractivity contribution in [1.29, 1.82) is 0 Å². The Labute approximate surface area is 82.1 Å². The summed E-state index contributed by atoms with van der Waals surface area (Å²) in [6.07, 6.45) is 1.98. The summed E-state index contributed by atoms with van der Waals surface area (Å²) in [5.41, 5.74) is 2.12. The highest BCUT2D eigenvalue weighted by Gasteiger charge is 2.26. The predicted molar refractivity (Wildman–Crippen MR) is 52.2 cm³/mol. The van der Waals surface area contributed by atoms with Crippen molar-refractivity contribution in [1.82, 2.24) is 5.32 Å². The van der Waals surface area contributed by atoms with Crippen LogP contribution in [0.5, 0.6) is 0 Å². The maximum absolute atomic E-state index is 11.3. The van der Waals surface area contributed by atoms with Crippen LogP contribution in [0.15, 0.2) is 18.2 Å². The van der Waals surface area contributed by atoms with Crippen molar-refractivity contribution in [2.24, 2.45) is 0 Å². The molecular formula is C11H11NO2. The zero-order valence-corrected chi connectivity index (χ0v) is 7.96. The van der Waals surface area contributed by atoms with Gasteiger partial charge in [-0.05, 0) is 24.1 Å². The van der Waals surface area contributed by atoms with Crippen LogP contribution in [0.25, 0.3) is 0 Å². The van der Waals surface area contributed by atoms with Gasteiger partial charge in [-0.1, -0.05) is 19.4 Å². The summed E-state index contributed by atoms with van der Waals surface area (Å²) in [5.74, 6) is -0.559. The largest absolute Gasteiger partial charge is 0.288 e. The quantitative estimate of drug-likeness (QED) is 0.717. The number of carbonyl (C=O) groups is 2. The second-order valence-electron chi connectivity index (χ2n) is 3.41. The molecule has 0 fully saturated rings. The molecule has 0 aliphatic carbocycles. The third-order valence-corrected chi connectivity index (χ3v) is 2.34. The number of imide groups is 1. The first-order valence-corrected chi connectivity index (χ1v) is 4.71. The third kappa shape index (κ3) is 1.31. The van der Waals surface area contributed by atoms with Crippen molar-refractivity contribution in [2.45, 2.75) is 19.8 Å². The Hall–Kier alpha value is -1.64. The van der Waals surface area contributed by atoms with Crippen LogP contribution >= 0.6 is 0 Å². The van der Waals surface area contributed by atoms with Crippen molar-refractivity contribution in [2.75, 3.05) is 0 Å². The summed E-state index contributed by atoms with van der Waals surface area (Å²) < 4.78 is 0. The van der Waals surface area contributed by atoms with Gasteiger partial charge in [-0.2, -0.15) is 0 Å². The molecule has 1 aliphatic rings. The van der Waals surface area contributed by atoms with Crippen LogP contribution in [0.2, 0.25) is 0 Å². The maximum Gasteiger partial charge on any atom is 0.258 e. The lowest BCUT2D eigenvalue weighted by Gasteiger charge is -1.99. The van der Waals surface area contributed by atoms with Crippen LogP contribution in [-0.4, -0.2) is 11.8 Å². The van der Waals surface area contributed by atoms with E-state index >= 15 is 0 Å². The Morgan fingerprint density at radius 3 is 2.57 bits per heavy atom. The number of benzene rings is 1. The van der Waals surface area contributed by atoms with Gasteiger partial charge in [-0.25, -0.2) is 0 Å². The molecule has 3 nitrogen and oxygen atoms in total. The van der Waals surface area contributed by atoms with Crippen molar-refractivity contribution in [3.8, 4) is 0 Å². The summed E-state index contributed by atoms with van der Waals surface area (Å²) in [7, 11) is 0. The lowest BCUT2D eigenvalue weighted by atomic mass is 10.0. The Bertz CT molecular complexity index is 410. The first kappa shape index (κ1) is 8.94. The van der Waals surface area contributed by atoms with E-state index in [0.29, 0.717) is 11.1 Å². The monoisotopic (exact) mass is 189 g/mol. The standard InChI is InChI=1S/C11H11NO2/c1-2-3-7-4-5-8-9(6-7)11(14)12-10(8)13/h4-6H,2-3H2,1H3,(H,12,13,14). The summed E-state index contributed by atoms with van der Waals surface area (Å²) >= 11 is 0. The van der Waals surface area contributed by atoms with Gasteiger partial charge >= 0.3 is 0 Å². The van der Waals surface area contributed by atoms with Crippen molar-refractivity contribution in [3.05, 3.63) is 34.9 Å². The minimum absolute atomic E-state index is 0.275. The van der Waals surface area contributed by atoms with Crippen LogP contribution in [0, 0.1) is 0 Å². The van der Waals surface area contributed by atoms with E-state index in [9.17, 15) is 9.59 Å². The van der Waals surface area contributed by atoms with Gasteiger partial charge in [0.1, 0.15) is 0 Å². The molecule has 0 aromatic heterocycles. The lowest BCUT2D eigenvalue weighted by Crippen LogP contribution is -2.19. The predicted octanol–water partition coefficient (Wildman–Crippen LogP) is 1.52. The minimum atomic E-state index is -0.284. The van der Waals surface area contributed by atoms with Crippen LogP contribution < -0.4 is 5.32 Å². The maximum atomic E-state index is 11.3. The SMILES string of the molecule is CCCc1ccc2c(c1)C(=O)NC2=O. The minimum Gasteiger partial charge on any atom is -0.288 e. The van der Waals surface area contributed by atoms with Gasteiger partial charge in [-0.3, -0.25) is 14.9 Å². The smallest absolute Gasteiger partial charge is 0.258 e. The number of fused-ring (bicyclic) bond motifs is 1. The number of aryl methyl sites for hydroxylation is 1. The third-order valence-electron chi connectivity index (χ3n) is 2.34. The van der Waals surface area contributed by atoms with Crippen molar-refractivity contribution >= 4 is 11.8 Å². The van der Waals surface area contributed by atoms with E-state index in [1.54, 1.807) is 12.1 Å². The van der Waals surface area contributed by atoms with Crippen molar-refractivity contribution in [3.63, 3.8) is 0 Å². The first-order valence-electron chi connectivity index (χ1n) is 4.71. The number of carbonyl (C=O) groups excluding carboxylic acids is 2. The molecule has 1 heterocycles. The zero-order valence-electron chi connectivity index (χ0n) is 7.96. The van der Waals surface area contributed by atoms with Gasteiger partial charge < -0.3 is 0 Å². The molecule has 0 bridgehead atoms. The highest BCUT2D eigenvalue weighted by atomic mass is 16.2. The molecule has 1 aliphatic heterocycles. The lowest BCUT2D eigenvalue weighted by molar-refractivity contribution is 0.0879. The number of nitrogens with one attached hydrogen (secondary N) is 1. The van der Waals surface area contributed by atoms with Crippen molar-refractivity contribution < 1.29 is 9.59 Å². The van der Waals surface area contributed by atoms with E-state index in [1.165, 1.54) is 0 Å². The van der Waals surface area contributed by atoms with Gasteiger partial charge in [-0.15, -0.1) is 0 Å². The van der Waals surface area contributed by atoms with Gasteiger partial charge in [0.2, 0.25) is 0 Å². The molecule has 0 saturated carbocycles. The average Bonchev–Trinajstić information content (AvgIpc) is 2.43. The van der Waals surface area contributed by atoms with Gasteiger partial charge in [0.25, 0.3) is 11.8 Å². The Balaban J connectivity index is 2.44. The molecule has 3 heteroatoms. The molecular weight excluding hydrogens is 178 g/mol. The molecule has 72 valence electrons. The number of hydrogen-bond donors (Lipinski definition) is 1. The molecule has 0 saturated heterocycles. The molecule has 0 spiro atoms. The van der Waals surface area contributed by atoms with Gasteiger partial charge in [0, 0.05) is 0 Å². The number of rotatable bonds is 2. The Morgan fingerprint density at radius 1 is 1.14 bits per heavy atom. The molecule has 0 radical (unpaired) electrons. The zero-order chi connectivity index (χ0) is 10.1. The topological polar surface area (TPSA) is 46.2 Å². The van der Waals surface area contributed by atoms with E-state index in [1.807, 2.05) is 6.07 Å². The van der Waals surface area contributed by atoms with Crippen LogP contribution in [0.1, 0.15) is 39.6 Å². The molecule has 2 amide bonds. The summed E-state index contributed by atoms with van der Waals surface area (Å²) in [5, 5.41) is 2.27. The second kappa shape index (κ2) is 3.25. The van der Waals surface area contributed by atoms with Gasteiger partial charge in [0.15, 0.2) is 0 Å². The molecule has 14 heavy (non-hydrogen) atoms. The Kier molecular flexibility index (Phi) is 2.08. The van der Waals surface area contributed by atoms with E-state index in [4.69, 9.17) is 0 Å². The summed E-state index contributed by atoms with van der Waals surface area (Å²) in [6, 6.07) is 5.43. The molecule has 1 aromatic carbocycles. The highest BCUT2D eigenvalue weighted by molar-refractivity contribution is 6.21. The fraction of sp³-hybridized carbons (Fsp3) is 0.273. The number of amides is 2. The van der Waals surface area contributed by atoms with Crippen LogP contribution in [-0.2, 0) is 6.42 Å². The van der Waals surface area contributed by atoms with Crippen LogP contribution in [0.3, 0.4) is 0 Å². The number of hydrogen-bond acceptors (Lipinski definition) is 2. The van der Waals surface area contributed by atoms with E-state index in [2.05, 4.69) is 12.2 Å². The van der Waals surface area contributed by atoms with Crippen LogP contribution in [0.4, 0.5) is 0 Å². The first-order chi connectivity index (χ1) is 6.72. The molecule has 1 aromatic rings. The molecule has 2 rings (SSSR count). The summed E-state index contributed by atoms with van der Waals surface area (Å²) in [4.78, 5) is 22.5. The van der Waals surface area contributed by atoms with Gasteiger partial charge in [0.05, 0.1) is 11.1 Å². The average molecular weight is 189 g/mol. The fourth-order valence-electron chi connectivity index (χ4n) is 1.66. The Morgan fingerprint density at radius 2 is 1.86 bits per heavy atom. The molecule has 0 unspecified atom stereocenters. The normalized spacial score (nSPS) is 14.1. The van der Waals surface area contributed by atoms with E-state index < -0.39 is 0 Å².